The first-order valence-electron chi connectivity index (χ1n) is 11.8. The minimum absolute atomic E-state index is 0.252. The van der Waals surface area contributed by atoms with E-state index >= 15 is 4.39 Å². The molecule has 3 aromatic rings. The van der Waals surface area contributed by atoms with Gasteiger partial charge in [-0.3, -0.25) is 0 Å². The van der Waals surface area contributed by atoms with E-state index in [9.17, 15) is 18.0 Å². The van der Waals surface area contributed by atoms with E-state index in [1.54, 1.807) is 44.7 Å². The zero-order valence-corrected chi connectivity index (χ0v) is 20.9. The molecule has 1 N–H and O–H groups in total. The summed E-state index contributed by atoms with van der Waals surface area (Å²) in [6.07, 6.45) is -4.88. The zero-order valence-electron chi connectivity index (χ0n) is 20.9. The van der Waals surface area contributed by atoms with Gasteiger partial charge in [0.15, 0.2) is 5.82 Å². The Morgan fingerprint density at radius 2 is 1.76 bits per heavy atom. The molecule has 4 rings (SSSR count). The Morgan fingerprint density at radius 3 is 2.41 bits per heavy atom. The molecule has 1 aromatic heterocycles. The van der Waals surface area contributed by atoms with Crippen LogP contribution in [0.3, 0.4) is 0 Å². The van der Waals surface area contributed by atoms with E-state index in [0.717, 1.165) is 12.1 Å². The first-order valence-corrected chi connectivity index (χ1v) is 11.8. The number of nitrogens with zero attached hydrogens (tertiary/aromatic N) is 5. The van der Waals surface area contributed by atoms with Gasteiger partial charge in [0.1, 0.15) is 16.9 Å². The van der Waals surface area contributed by atoms with Crippen molar-refractivity contribution in [3.8, 4) is 0 Å². The second kappa shape index (κ2) is 9.98. The van der Waals surface area contributed by atoms with E-state index in [-0.39, 0.29) is 11.3 Å². The molecule has 1 atom stereocenters. The molecule has 2 aromatic carbocycles. The number of carbonyl (C=O) groups excluding carboxylic acids is 1. The highest BCUT2D eigenvalue weighted by Crippen LogP contribution is 2.33. The molecule has 1 fully saturated rings. The Hall–Kier alpha value is -3.70. The van der Waals surface area contributed by atoms with E-state index in [1.165, 1.54) is 12.1 Å². The number of nitrogens with one attached hydrogen (secondary N) is 1. The van der Waals surface area contributed by atoms with Crippen LogP contribution in [0.25, 0.3) is 10.9 Å². The number of rotatable bonds is 4. The summed E-state index contributed by atoms with van der Waals surface area (Å²) in [6.45, 7) is 8.57. The fourth-order valence-electron chi connectivity index (χ4n) is 4.07. The molecule has 12 heteroatoms. The number of aromatic nitrogens is 3. The van der Waals surface area contributed by atoms with Crippen molar-refractivity contribution in [1.29, 1.82) is 0 Å². The van der Waals surface area contributed by atoms with Gasteiger partial charge < -0.3 is 19.9 Å². The summed E-state index contributed by atoms with van der Waals surface area (Å²) < 4.78 is 59.9. The Labute approximate surface area is 211 Å². The molecule has 8 nitrogen and oxygen atoms in total. The monoisotopic (exact) mass is 520 g/mol. The molecule has 1 amide bonds. The van der Waals surface area contributed by atoms with E-state index in [0.29, 0.717) is 42.8 Å². The van der Waals surface area contributed by atoms with Gasteiger partial charge in [0.25, 0.3) is 0 Å². The predicted octanol–water partition coefficient (Wildman–Crippen LogP) is 5.41. The second-order valence-electron chi connectivity index (χ2n) is 9.90. The van der Waals surface area contributed by atoms with E-state index < -0.39 is 35.3 Å². The Balaban J connectivity index is 1.55. The molecule has 198 valence electrons. The van der Waals surface area contributed by atoms with Crippen molar-refractivity contribution in [2.75, 3.05) is 36.4 Å². The molecular formula is C25H28F4N6O2. The van der Waals surface area contributed by atoms with Crippen molar-refractivity contribution in [2.45, 2.75) is 45.5 Å². The normalized spacial score (nSPS) is 15.6. The zero-order chi connectivity index (χ0) is 27.0. The highest BCUT2D eigenvalue weighted by Gasteiger charge is 2.31. The average Bonchev–Trinajstić information content (AvgIpc) is 2.82. The largest absolute Gasteiger partial charge is 0.444 e. The second-order valence-corrected chi connectivity index (χ2v) is 9.90. The lowest BCUT2D eigenvalue weighted by Crippen LogP contribution is -2.50. The quantitative estimate of drug-likeness (QED) is 0.461. The SMILES string of the molecule is C[C@@H](Nc1nnnc2cc(F)c(N3CCN(C(=O)OC(C)(C)C)CC3)cc12)c1cccc(C(F)(F)F)c1. The highest BCUT2D eigenvalue weighted by molar-refractivity contribution is 5.91. The molecule has 0 unspecified atom stereocenters. The molecule has 1 aliphatic heterocycles. The summed E-state index contributed by atoms with van der Waals surface area (Å²) in [5, 5.41) is 15.2. The smallest absolute Gasteiger partial charge is 0.416 e. The lowest BCUT2D eigenvalue weighted by Gasteiger charge is -2.37. The minimum Gasteiger partial charge on any atom is -0.444 e. The van der Waals surface area contributed by atoms with Crippen LogP contribution in [0.4, 0.5) is 33.9 Å². The molecule has 0 radical (unpaired) electrons. The lowest BCUT2D eigenvalue weighted by molar-refractivity contribution is -0.137. The van der Waals surface area contributed by atoms with Crippen LogP contribution in [0.2, 0.25) is 0 Å². The standard InChI is InChI=1S/C25H28F4N6O2/c1-15(16-6-5-7-17(12-16)25(27,28)29)30-22-18-13-21(19(26)14-20(18)31-33-32-22)34-8-10-35(11-9-34)23(36)37-24(2,3)4/h5-7,12-15H,8-11H2,1-4H3,(H,30,31,32)/t15-/m1/s1. The maximum atomic E-state index is 15.0. The van der Waals surface area contributed by atoms with Gasteiger partial charge in [-0.2, -0.15) is 13.2 Å². The summed E-state index contributed by atoms with van der Waals surface area (Å²) in [5.41, 5.74) is -0.397. The third-order valence-corrected chi connectivity index (χ3v) is 5.96. The number of alkyl halides is 3. The van der Waals surface area contributed by atoms with Gasteiger partial charge in [-0.05, 0) is 56.7 Å². The van der Waals surface area contributed by atoms with E-state index in [2.05, 4.69) is 20.7 Å². The number of anilines is 2. The van der Waals surface area contributed by atoms with Crippen LogP contribution in [0.5, 0.6) is 0 Å². The van der Waals surface area contributed by atoms with Crippen LogP contribution in [0.15, 0.2) is 36.4 Å². The van der Waals surface area contributed by atoms with Crippen molar-refractivity contribution >= 4 is 28.5 Å². The molecule has 37 heavy (non-hydrogen) atoms. The number of carbonyl (C=O) groups is 1. The van der Waals surface area contributed by atoms with Crippen LogP contribution in [-0.4, -0.2) is 58.2 Å². The van der Waals surface area contributed by atoms with Gasteiger partial charge in [0, 0.05) is 37.6 Å². The number of hydrogen-bond acceptors (Lipinski definition) is 7. The van der Waals surface area contributed by atoms with Crippen LogP contribution in [0, 0.1) is 5.82 Å². The van der Waals surface area contributed by atoms with Crippen molar-refractivity contribution in [3.05, 3.63) is 53.3 Å². The number of hydrogen-bond donors (Lipinski definition) is 1. The highest BCUT2D eigenvalue weighted by atomic mass is 19.4. The fraction of sp³-hybridized carbons (Fsp3) is 0.440. The van der Waals surface area contributed by atoms with Gasteiger partial charge in [0.05, 0.1) is 17.3 Å². The van der Waals surface area contributed by atoms with Crippen LogP contribution in [0.1, 0.15) is 44.9 Å². The van der Waals surface area contributed by atoms with Crippen molar-refractivity contribution in [3.63, 3.8) is 0 Å². The molecule has 1 saturated heterocycles. The summed E-state index contributed by atoms with van der Waals surface area (Å²) in [4.78, 5) is 15.8. The maximum absolute atomic E-state index is 15.0. The van der Waals surface area contributed by atoms with Gasteiger partial charge in [-0.25, -0.2) is 9.18 Å². The first kappa shape index (κ1) is 26.4. The molecule has 0 saturated carbocycles. The average molecular weight is 521 g/mol. The minimum atomic E-state index is -4.46. The molecular weight excluding hydrogens is 492 g/mol. The van der Waals surface area contributed by atoms with Crippen molar-refractivity contribution in [2.24, 2.45) is 0 Å². The summed E-state index contributed by atoms with van der Waals surface area (Å²) >= 11 is 0. The number of benzene rings is 2. The van der Waals surface area contributed by atoms with E-state index in [1.807, 2.05) is 4.90 Å². The van der Waals surface area contributed by atoms with Gasteiger partial charge in [-0.1, -0.05) is 12.1 Å². The third-order valence-electron chi connectivity index (χ3n) is 5.96. The number of fused-ring (bicyclic) bond motifs is 1. The topological polar surface area (TPSA) is 83.5 Å². The van der Waals surface area contributed by atoms with Crippen molar-refractivity contribution < 1.29 is 27.1 Å². The van der Waals surface area contributed by atoms with Gasteiger partial charge in [0.2, 0.25) is 0 Å². The van der Waals surface area contributed by atoms with Gasteiger partial charge in [-0.15, -0.1) is 10.2 Å². The predicted molar refractivity (Wildman–Crippen MR) is 131 cm³/mol. The fourth-order valence-corrected chi connectivity index (χ4v) is 4.07. The Kier molecular flexibility index (Phi) is 7.11. The number of ether oxygens (including phenoxy) is 1. The van der Waals surface area contributed by atoms with Crippen molar-refractivity contribution in [1.82, 2.24) is 20.3 Å². The van der Waals surface area contributed by atoms with E-state index in [4.69, 9.17) is 4.74 Å². The Morgan fingerprint density at radius 1 is 1.05 bits per heavy atom. The molecule has 0 bridgehead atoms. The van der Waals surface area contributed by atoms with Crippen LogP contribution < -0.4 is 10.2 Å². The lowest BCUT2D eigenvalue weighted by atomic mass is 10.0. The molecule has 2 heterocycles. The molecule has 0 spiro atoms. The summed E-state index contributed by atoms with van der Waals surface area (Å²) in [6, 6.07) is 7.30. The molecule has 0 aliphatic carbocycles. The Bertz CT molecular complexity index is 1290. The van der Waals surface area contributed by atoms with Gasteiger partial charge >= 0.3 is 12.3 Å². The summed E-state index contributed by atoms with van der Waals surface area (Å²) in [5.74, 6) is -0.237. The number of halogens is 4. The maximum Gasteiger partial charge on any atom is 0.416 e. The first-order chi connectivity index (χ1) is 17.3. The third kappa shape index (κ3) is 6.17. The summed E-state index contributed by atoms with van der Waals surface area (Å²) in [7, 11) is 0. The number of piperazine rings is 1. The van der Waals surface area contributed by atoms with Crippen LogP contribution in [-0.2, 0) is 10.9 Å². The number of amides is 1. The van der Waals surface area contributed by atoms with Crippen LogP contribution >= 0.6 is 0 Å². The molecule has 1 aliphatic rings.